The number of nitrogens with zero attached hydrogens (tertiary/aromatic N) is 1. The van der Waals surface area contributed by atoms with Gasteiger partial charge in [-0.2, -0.15) is 0 Å². The molecule has 3 nitrogen and oxygen atoms in total. The van der Waals surface area contributed by atoms with E-state index in [0.717, 1.165) is 24.5 Å². The van der Waals surface area contributed by atoms with E-state index in [0.29, 0.717) is 0 Å². The topological polar surface area (TPSA) is 41.3 Å². The summed E-state index contributed by atoms with van der Waals surface area (Å²) in [6, 6.07) is 8.05. The van der Waals surface area contributed by atoms with Crippen LogP contribution >= 0.6 is 0 Å². The molecule has 0 radical (unpaired) electrons. The number of hydrogen-bond donors (Lipinski definition) is 2. The Hall–Kier alpha value is -1.22. The molecule has 2 rings (SSSR count). The van der Waals surface area contributed by atoms with Gasteiger partial charge in [0.2, 0.25) is 0 Å². The van der Waals surface area contributed by atoms with E-state index in [1.165, 1.54) is 0 Å². The predicted molar refractivity (Wildman–Crippen MR) is 46.5 cm³/mol. The van der Waals surface area contributed by atoms with Crippen LogP contribution in [0.25, 0.3) is 0 Å². The van der Waals surface area contributed by atoms with Crippen LogP contribution < -0.4 is 16.2 Å². The summed E-state index contributed by atoms with van der Waals surface area (Å²) in [4.78, 5) is 0. The van der Waals surface area contributed by atoms with Crippen molar-refractivity contribution in [3.63, 3.8) is 0 Å². The van der Waals surface area contributed by atoms with Crippen molar-refractivity contribution in [3.8, 4) is 0 Å². The largest absolute Gasteiger partial charge is 0.381 e. The fourth-order valence-electron chi connectivity index (χ4n) is 1.31. The molecule has 0 aromatic heterocycles. The molecule has 0 unspecified atom stereocenters. The first-order valence-corrected chi connectivity index (χ1v) is 3.73. The molecule has 3 heteroatoms. The fraction of sp³-hybridized carbons (Fsp3) is 0.250. The van der Waals surface area contributed by atoms with Crippen LogP contribution in [-0.2, 0) is 0 Å². The third-order valence-corrected chi connectivity index (χ3v) is 1.88. The third kappa shape index (κ3) is 1.03. The van der Waals surface area contributed by atoms with E-state index in [-0.39, 0.29) is 0 Å². The smallest absolute Gasteiger partial charge is 0.0749 e. The third-order valence-electron chi connectivity index (χ3n) is 1.88. The lowest BCUT2D eigenvalue weighted by atomic mass is 10.2. The SMILES string of the molecule is NN1CCNc2ccccc21. The van der Waals surface area contributed by atoms with E-state index in [4.69, 9.17) is 5.84 Å². The Morgan fingerprint density at radius 1 is 1.36 bits per heavy atom. The summed E-state index contributed by atoms with van der Waals surface area (Å²) in [6.45, 7) is 1.80. The molecule has 0 bridgehead atoms. The van der Waals surface area contributed by atoms with Gasteiger partial charge in [-0.1, -0.05) is 12.1 Å². The van der Waals surface area contributed by atoms with Gasteiger partial charge in [0.05, 0.1) is 17.9 Å². The molecule has 0 fully saturated rings. The first-order valence-electron chi connectivity index (χ1n) is 3.73. The predicted octanol–water partition coefficient (Wildman–Crippen LogP) is 0.792. The van der Waals surface area contributed by atoms with Crippen molar-refractivity contribution in [3.05, 3.63) is 24.3 Å². The Morgan fingerprint density at radius 3 is 3.00 bits per heavy atom. The molecule has 1 aliphatic rings. The molecule has 1 aromatic carbocycles. The minimum atomic E-state index is 0.872. The molecule has 0 saturated carbocycles. The summed E-state index contributed by atoms with van der Waals surface area (Å²) in [6.07, 6.45) is 0. The summed E-state index contributed by atoms with van der Waals surface area (Å²) >= 11 is 0. The molecule has 0 atom stereocenters. The molecule has 58 valence electrons. The summed E-state index contributed by atoms with van der Waals surface area (Å²) in [5, 5.41) is 5.04. The van der Waals surface area contributed by atoms with Gasteiger partial charge in [-0.15, -0.1) is 0 Å². The maximum absolute atomic E-state index is 5.74. The number of nitrogens with two attached hydrogens (primary N) is 1. The zero-order chi connectivity index (χ0) is 7.68. The molecular weight excluding hydrogens is 138 g/mol. The van der Waals surface area contributed by atoms with Crippen LogP contribution in [0.5, 0.6) is 0 Å². The Kier molecular flexibility index (Phi) is 1.43. The number of para-hydroxylation sites is 2. The molecule has 3 N–H and O–H groups in total. The number of hydrogen-bond acceptors (Lipinski definition) is 3. The number of nitrogens with one attached hydrogen (secondary N) is 1. The average molecular weight is 149 g/mol. The van der Waals surface area contributed by atoms with Crippen molar-refractivity contribution >= 4 is 11.4 Å². The van der Waals surface area contributed by atoms with E-state index < -0.39 is 0 Å². The second-order valence-corrected chi connectivity index (χ2v) is 2.64. The van der Waals surface area contributed by atoms with Crippen molar-refractivity contribution < 1.29 is 0 Å². The van der Waals surface area contributed by atoms with Gasteiger partial charge in [0.1, 0.15) is 0 Å². The van der Waals surface area contributed by atoms with Gasteiger partial charge in [0.25, 0.3) is 0 Å². The van der Waals surface area contributed by atoms with Crippen molar-refractivity contribution in [1.82, 2.24) is 0 Å². The van der Waals surface area contributed by atoms with E-state index in [1.54, 1.807) is 5.01 Å². The number of rotatable bonds is 0. The molecule has 11 heavy (non-hydrogen) atoms. The van der Waals surface area contributed by atoms with Gasteiger partial charge in [0, 0.05) is 6.54 Å². The summed E-state index contributed by atoms with van der Waals surface area (Å²) in [5.41, 5.74) is 2.21. The van der Waals surface area contributed by atoms with Gasteiger partial charge in [-0.25, -0.2) is 5.84 Å². The first-order chi connectivity index (χ1) is 5.38. The highest BCUT2D eigenvalue weighted by atomic mass is 15.4. The summed E-state index contributed by atoms with van der Waals surface area (Å²) in [5.74, 6) is 5.74. The number of hydrazine groups is 1. The highest BCUT2D eigenvalue weighted by Gasteiger charge is 2.10. The van der Waals surface area contributed by atoms with Crippen LogP contribution in [0, 0.1) is 0 Å². The lowest BCUT2D eigenvalue weighted by Gasteiger charge is -2.27. The second-order valence-electron chi connectivity index (χ2n) is 2.64. The maximum Gasteiger partial charge on any atom is 0.0749 e. The van der Waals surface area contributed by atoms with Crippen molar-refractivity contribution in [2.75, 3.05) is 23.4 Å². The second kappa shape index (κ2) is 2.43. The van der Waals surface area contributed by atoms with E-state index in [9.17, 15) is 0 Å². The van der Waals surface area contributed by atoms with Gasteiger partial charge in [-0.3, -0.25) is 0 Å². The van der Waals surface area contributed by atoms with Crippen molar-refractivity contribution in [1.29, 1.82) is 0 Å². The minimum Gasteiger partial charge on any atom is -0.381 e. The Morgan fingerprint density at radius 2 is 2.18 bits per heavy atom. The zero-order valence-corrected chi connectivity index (χ0v) is 6.25. The Balaban J connectivity index is 2.44. The van der Waals surface area contributed by atoms with Gasteiger partial charge in [-0.05, 0) is 12.1 Å². The van der Waals surface area contributed by atoms with E-state index >= 15 is 0 Å². The highest BCUT2D eigenvalue weighted by molar-refractivity contribution is 5.71. The van der Waals surface area contributed by atoms with Crippen LogP contribution in [0.2, 0.25) is 0 Å². The van der Waals surface area contributed by atoms with Gasteiger partial charge >= 0.3 is 0 Å². The number of benzene rings is 1. The summed E-state index contributed by atoms with van der Waals surface area (Å²) < 4.78 is 0. The van der Waals surface area contributed by atoms with E-state index in [2.05, 4.69) is 5.32 Å². The van der Waals surface area contributed by atoms with Crippen LogP contribution in [-0.4, -0.2) is 13.1 Å². The van der Waals surface area contributed by atoms with Gasteiger partial charge < -0.3 is 10.3 Å². The molecule has 0 amide bonds. The Labute approximate surface area is 65.8 Å². The Bertz CT molecular complexity index is 259. The standard InChI is InChI=1S/C8H11N3/c9-11-6-5-10-7-3-1-2-4-8(7)11/h1-4,10H,5-6,9H2. The quantitative estimate of drug-likeness (QED) is 0.536. The normalized spacial score (nSPS) is 15.5. The maximum atomic E-state index is 5.74. The van der Waals surface area contributed by atoms with Gasteiger partial charge in [0.15, 0.2) is 0 Å². The molecule has 0 spiro atoms. The lowest BCUT2D eigenvalue weighted by molar-refractivity contribution is 0.831. The van der Waals surface area contributed by atoms with Crippen LogP contribution in [0.4, 0.5) is 11.4 Å². The highest BCUT2D eigenvalue weighted by Crippen LogP contribution is 2.25. The minimum absolute atomic E-state index is 0.872. The summed E-state index contributed by atoms with van der Waals surface area (Å²) in [7, 11) is 0. The van der Waals surface area contributed by atoms with Crippen LogP contribution in [0.1, 0.15) is 0 Å². The lowest BCUT2D eigenvalue weighted by Crippen LogP contribution is -2.39. The number of fused-ring (bicyclic) bond motifs is 1. The number of anilines is 2. The van der Waals surface area contributed by atoms with Crippen molar-refractivity contribution in [2.24, 2.45) is 5.84 Å². The fourth-order valence-corrected chi connectivity index (χ4v) is 1.31. The molecule has 1 heterocycles. The first kappa shape index (κ1) is 6.49. The van der Waals surface area contributed by atoms with Crippen LogP contribution in [0.15, 0.2) is 24.3 Å². The van der Waals surface area contributed by atoms with Crippen LogP contribution in [0.3, 0.4) is 0 Å². The zero-order valence-electron chi connectivity index (χ0n) is 6.25. The molecule has 0 saturated heterocycles. The monoisotopic (exact) mass is 149 g/mol. The molecular formula is C8H11N3. The average Bonchev–Trinajstić information content (AvgIpc) is 2.06. The molecule has 1 aliphatic heterocycles. The van der Waals surface area contributed by atoms with E-state index in [1.807, 2.05) is 24.3 Å². The molecule has 0 aliphatic carbocycles. The van der Waals surface area contributed by atoms with Crippen molar-refractivity contribution in [2.45, 2.75) is 0 Å². The molecule has 1 aromatic rings.